The molecule has 1 aliphatic rings. The van der Waals surface area contributed by atoms with Gasteiger partial charge in [0.25, 0.3) is 6.71 Å². The molecule has 1 aliphatic heterocycles. The largest absolute Gasteiger partial charge is 0.493 e. The van der Waals surface area contributed by atoms with Gasteiger partial charge < -0.3 is 4.74 Å². The van der Waals surface area contributed by atoms with E-state index >= 15 is 0 Å². The van der Waals surface area contributed by atoms with Gasteiger partial charge in [0.1, 0.15) is 5.75 Å². The smallest absolute Gasteiger partial charge is 0.265 e. The lowest BCUT2D eigenvalue weighted by Gasteiger charge is -2.28. The summed E-state index contributed by atoms with van der Waals surface area (Å²) in [4.78, 5) is 4.19. The summed E-state index contributed by atoms with van der Waals surface area (Å²) in [5, 5.41) is 9.06. The van der Waals surface area contributed by atoms with E-state index in [1.807, 2.05) is 25.2 Å². The highest BCUT2D eigenvalue weighted by Crippen LogP contribution is 2.42. The van der Waals surface area contributed by atoms with Crippen molar-refractivity contribution in [1.82, 2.24) is 4.98 Å². The van der Waals surface area contributed by atoms with Crippen LogP contribution in [0.3, 0.4) is 0 Å². The predicted molar refractivity (Wildman–Crippen MR) is 84.6 cm³/mol. The number of para-hydroxylation sites is 1. The fourth-order valence-corrected chi connectivity index (χ4v) is 2.97. The Bertz CT molecular complexity index is 666. The van der Waals surface area contributed by atoms with Crippen LogP contribution in [-0.2, 0) is 0 Å². The molecule has 0 radical (unpaired) electrons. The summed E-state index contributed by atoms with van der Waals surface area (Å²) in [7, 11) is 0. The SMILES string of the molecule is CB(C#N)CC1CCOc2c(-c3cccnc3)cccc21. The molecule has 1 aromatic heterocycles. The van der Waals surface area contributed by atoms with E-state index in [0.29, 0.717) is 12.5 Å². The van der Waals surface area contributed by atoms with E-state index in [4.69, 9.17) is 10.00 Å². The maximum absolute atomic E-state index is 9.06. The molecule has 3 nitrogen and oxygen atoms in total. The van der Waals surface area contributed by atoms with Crippen LogP contribution in [0.5, 0.6) is 5.75 Å². The van der Waals surface area contributed by atoms with Crippen LogP contribution >= 0.6 is 0 Å². The van der Waals surface area contributed by atoms with Gasteiger partial charge in [-0.1, -0.05) is 37.4 Å². The van der Waals surface area contributed by atoms with Crippen molar-refractivity contribution in [2.75, 3.05) is 6.61 Å². The van der Waals surface area contributed by atoms with E-state index < -0.39 is 0 Å². The van der Waals surface area contributed by atoms with Gasteiger partial charge in [-0.25, -0.2) is 5.26 Å². The lowest BCUT2D eigenvalue weighted by molar-refractivity contribution is 0.273. The summed E-state index contributed by atoms with van der Waals surface area (Å²) in [5.74, 6) is 3.71. The molecule has 21 heavy (non-hydrogen) atoms. The van der Waals surface area contributed by atoms with Crippen LogP contribution in [0.1, 0.15) is 17.9 Å². The highest BCUT2D eigenvalue weighted by Gasteiger charge is 2.26. The van der Waals surface area contributed by atoms with Gasteiger partial charge in [0.2, 0.25) is 0 Å². The molecular weight excluding hydrogens is 259 g/mol. The first-order valence-electron chi connectivity index (χ1n) is 7.35. The van der Waals surface area contributed by atoms with Crippen LogP contribution in [0.25, 0.3) is 11.1 Å². The molecule has 2 aromatic rings. The number of pyridine rings is 1. The number of nitriles is 1. The zero-order valence-corrected chi connectivity index (χ0v) is 12.1. The van der Waals surface area contributed by atoms with Crippen molar-refractivity contribution in [3.63, 3.8) is 0 Å². The minimum atomic E-state index is 0.0722. The van der Waals surface area contributed by atoms with E-state index in [2.05, 4.69) is 29.2 Å². The van der Waals surface area contributed by atoms with Gasteiger partial charge in [-0.3, -0.25) is 4.98 Å². The van der Waals surface area contributed by atoms with E-state index in [9.17, 15) is 0 Å². The van der Waals surface area contributed by atoms with Crippen LogP contribution in [0.15, 0.2) is 42.7 Å². The zero-order chi connectivity index (χ0) is 14.7. The van der Waals surface area contributed by atoms with Crippen molar-refractivity contribution in [3.8, 4) is 22.8 Å². The Morgan fingerprint density at radius 2 is 2.29 bits per heavy atom. The van der Waals surface area contributed by atoms with Crippen LogP contribution in [0.4, 0.5) is 0 Å². The van der Waals surface area contributed by atoms with Gasteiger partial charge in [0.05, 0.1) is 6.61 Å². The van der Waals surface area contributed by atoms with Crippen molar-refractivity contribution < 1.29 is 4.74 Å². The number of benzene rings is 1. The highest BCUT2D eigenvalue weighted by molar-refractivity contribution is 6.65. The first kappa shape index (κ1) is 13.7. The van der Waals surface area contributed by atoms with E-state index in [1.165, 1.54) is 5.56 Å². The minimum Gasteiger partial charge on any atom is -0.493 e. The van der Waals surface area contributed by atoms with Crippen LogP contribution in [0.2, 0.25) is 13.1 Å². The van der Waals surface area contributed by atoms with Crippen molar-refractivity contribution in [1.29, 1.82) is 5.26 Å². The minimum absolute atomic E-state index is 0.0722. The number of aromatic nitrogens is 1. The summed E-state index contributed by atoms with van der Waals surface area (Å²) in [6.07, 6.45) is 5.51. The average Bonchev–Trinajstić information content (AvgIpc) is 2.55. The monoisotopic (exact) mass is 276 g/mol. The average molecular weight is 276 g/mol. The predicted octanol–water partition coefficient (Wildman–Crippen LogP) is 3.80. The molecule has 1 unspecified atom stereocenters. The molecule has 1 aromatic carbocycles. The topological polar surface area (TPSA) is 45.9 Å². The Hall–Kier alpha value is -2.28. The molecule has 0 saturated carbocycles. The Labute approximate surface area is 125 Å². The molecule has 0 saturated heterocycles. The third-order valence-electron chi connectivity index (χ3n) is 4.03. The Morgan fingerprint density at radius 3 is 3.05 bits per heavy atom. The van der Waals surface area contributed by atoms with Crippen LogP contribution < -0.4 is 4.74 Å². The standard InChI is InChI=1S/C17H17BN2O/c1-18(12-19)10-13-7-9-21-17-15(13)5-2-6-16(17)14-4-3-8-20-11-14/h2-6,8,11,13H,7,9-10H2,1H3. The van der Waals surface area contributed by atoms with E-state index in [0.717, 1.165) is 29.6 Å². The second kappa shape index (κ2) is 6.01. The van der Waals surface area contributed by atoms with Gasteiger partial charge >= 0.3 is 0 Å². The fraction of sp³-hybridized carbons (Fsp3) is 0.294. The van der Waals surface area contributed by atoms with Crippen molar-refractivity contribution in [2.24, 2.45) is 0 Å². The summed E-state index contributed by atoms with van der Waals surface area (Å²) in [5.41, 5.74) is 3.39. The van der Waals surface area contributed by atoms with Crippen LogP contribution in [0, 0.1) is 11.2 Å². The molecule has 1 atom stereocenters. The normalized spacial score (nSPS) is 16.5. The molecule has 2 heterocycles. The van der Waals surface area contributed by atoms with E-state index in [-0.39, 0.29) is 6.71 Å². The highest BCUT2D eigenvalue weighted by atomic mass is 16.5. The molecule has 104 valence electrons. The maximum Gasteiger partial charge on any atom is 0.265 e. The van der Waals surface area contributed by atoms with Crippen molar-refractivity contribution in [3.05, 3.63) is 48.3 Å². The van der Waals surface area contributed by atoms with E-state index in [1.54, 1.807) is 6.20 Å². The first-order valence-corrected chi connectivity index (χ1v) is 7.35. The number of hydrogen-bond acceptors (Lipinski definition) is 3. The van der Waals surface area contributed by atoms with Crippen LogP contribution in [-0.4, -0.2) is 18.3 Å². The zero-order valence-electron chi connectivity index (χ0n) is 12.1. The maximum atomic E-state index is 9.06. The molecule has 0 fully saturated rings. The van der Waals surface area contributed by atoms with Crippen molar-refractivity contribution in [2.45, 2.75) is 25.5 Å². The molecule has 3 rings (SSSR count). The second-order valence-corrected chi connectivity index (χ2v) is 5.57. The summed E-state index contributed by atoms with van der Waals surface area (Å²) < 4.78 is 5.94. The third kappa shape index (κ3) is 2.78. The molecule has 0 aliphatic carbocycles. The molecular formula is C17H17BN2O. The second-order valence-electron chi connectivity index (χ2n) is 5.57. The van der Waals surface area contributed by atoms with Gasteiger partial charge in [-0.05, 0) is 24.0 Å². The molecule has 4 heteroatoms. The molecule has 0 amide bonds. The molecule has 0 N–H and O–H groups in total. The summed E-state index contributed by atoms with van der Waals surface area (Å²) in [6.45, 7) is 2.77. The number of rotatable bonds is 3. The van der Waals surface area contributed by atoms with Gasteiger partial charge in [-0.15, -0.1) is 0 Å². The summed E-state index contributed by atoms with van der Waals surface area (Å²) >= 11 is 0. The Balaban J connectivity index is 2.00. The number of ether oxygens (including phenoxy) is 1. The lowest BCUT2D eigenvalue weighted by Crippen LogP contribution is -2.19. The van der Waals surface area contributed by atoms with Gasteiger partial charge in [0.15, 0.2) is 0 Å². The number of nitrogens with zero attached hydrogens (tertiary/aromatic N) is 2. The third-order valence-corrected chi connectivity index (χ3v) is 4.03. The number of fused-ring (bicyclic) bond motifs is 1. The van der Waals surface area contributed by atoms with Crippen molar-refractivity contribution >= 4 is 6.71 Å². The molecule has 0 spiro atoms. The van der Waals surface area contributed by atoms with Gasteiger partial charge in [-0.2, -0.15) is 0 Å². The molecule has 0 bridgehead atoms. The first-order chi connectivity index (χ1) is 10.3. The fourth-order valence-electron chi connectivity index (χ4n) is 2.97. The Morgan fingerprint density at radius 1 is 1.38 bits per heavy atom. The lowest BCUT2D eigenvalue weighted by atomic mass is 9.48. The Kier molecular flexibility index (Phi) is 3.92. The summed E-state index contributed by atoms with van der Waals surface area (Å²) in [6, 6.07) is 10.3. The number of hydrogen-bond donors (Lipinski definition) is 0. The van der Waals surface area contributed by atoms with Gasteiger partial charge in [0, 0.05) is 29.5 Å². The quantitative estimate of drug-likeness (QED) is 0.801.